The lowest BCUT2D eigenvalue weighted by Gasteiger charge is -2.36. The first-order chi connectivity index (χ1) is 18.7. The highest BCUT2D eigenvalue weighted by Gasteiger charge is 2.44. The Morgan fingerprint density at radius 1 is 1.00 bits per heavy atom. The molecule has 0 bridgehead atoms. The van der Waals surface area contributed by atoms with Crippen LogP contribution in [0.15, 0.2) is 54.6 Å². The Hall–Kier alpha value is -3.96. The van der Waals surface area contributed by atoms with Crippen molar-refractivity contribution >= 4 is 23.8 Å². The maximum atomic E-state index is 13.6. The number of hydrogen-bond acceptors (Lipinski definition) is 9. The fraction of sp³-hybridized carbons (Fsp3) is 0.429. The summed E-state index contributed by atoms with van der Waals surface area (Å²) in [6, 6.07) is 12.5. The number of nitrogens with one attached hydrogen (secondary N) is 2. The molecule has 2 heterocycles. The molecule has 2 aliphatic rings. The van der Waals surface area contributed by atoms with Gasteiger partial charge < -0.3 is 35.1 Å². The molecule has 4 N–H and O–H groups in total. The van der Waals surface area contributed by atoms with Gasteiger partial charge in [-0.25, -0.2) is 4.79 Å². The maximum absolute atomic E-state index is 13.6. The van der Waals surface area contributed by atoms with Crippen molar-refractivity contribution in [2.24, 2.45) is 5.92 Å². The van der Waals surface area contributed by atoms with Gasteiger partial charge in [-0.1, -0.05) is 42.5 Å². The van der Waals surface area contributed by atoms with E-state index in [9.17, 15) is 29.4 Å². The molecule has 2 unspecified atom stereocenters. The third-order valence-corrected chi connectivity index (χ3v) is 6.96. The molecular weight excluding hydrogens is 508 g/mol. The van der Waals surface area contributed by atoms with Crippen molar-refractivity contribution in [3.63, 3.8) is 0 Å². The number of benzene rings is 2. The summed E-state index contributed by atoms with van der Waals surface area (Å²) in [5.74, 6) is -4.74. The molecular formula is C28H32N2O9. The molecule has 0 saturated carbocycles. The monoisotopic (exact) mass is 540 g/mol. The van der Waals surface area contributed by atoms with Gasteiger partial charge in [0.1, 0.15) is 24.0 Å². The number of aliphatic hydroxyl groups excluding tert-OH is 1. The van der Waals surface area contributed by atoms with E-state index in [4.69, 9.17) is 14.2 Å². The number of ether oxygens (including phenoxy) is 3. The zero-order chi connectivity index (χ0) is 28.1. The molecule has 11 heteroatoms. The molecule has 0 radical (unpaired) electrons. The minimum atomic E-state index is -1.42. The van der Waals surface area contributed by atoms with Gasteiger partial charge in [-0.2, -0.15) is 0 Å². The van der Waals surface area contributed by atoms with E-state index in [1.165, 1.54) is 26.0 Å². The summed E-state index contributed by atoms with van der Waals surface area (Å²) in [5.41, 5.74) is 0.698. The van der Waals surface area contributed by atoms with Gasteiger partial charge >= 0.3 is 11.9 Å². The van der Waals surface area contributed by atoms with Gasteiger partial charge in [-0.05, 0) is 38.0 Å². The number of amides is 2. The second-order valence-corrected chi connectivity index (χ2v) is 9.75. The molecule has 11 nitrogen and oxygen atoms in total. The van der Waals surface area contributed by atoms with Gasteiger partial charge in [0, 0.05) is 13.0 Å². The fourth-order valence-electron chi connectivity index (χ4n) is 4.49. The Morgan fingerprint density at radius 3 is 2.31 bits per heavy atom. The van der Waals surface area contributed by atoms with Crippen molar-refractivity contribution in [3.8, 4) is 5.75 Å². The van der Waals surface area contributed by atoms with Crippen LogP contribution in [0, 0.1) is 5.92 Å². The molecule has 208 valence electrons. The summed E-state index contributed by atoms with van der Waals surface area (Å²) in [4.78, 5) is 52.6. The van der Waals surface area contributed by atoms with E-state index in [1.54, 1.807) is 24.3 Å². The number of carbonyl (C=O) groups is 4. The molecule has 0 aromatic heterocycles. The number of carbonyl (C=O) groups excluding carboxylic acids is 4. The van der Waals surface area contributed by atoms with Crippen molar-refractivity contribution in [2.75, 3.05) is 6.61 Å². The average Bonchev–Trinajstić information content (AvgIpc) is 2.89. The predicted molar refractivity (Wildman–Crippen MR) is 136 cm³/mol. The molecule has 2 aliphatic heterocycles. The van der Waals surface area contributed by atoms with Crippen LogP contribution < -0.4 is 10.6 Å². The number of para-hydroxylation sites is 1. The average molecular weight is 541 g/mol. The second kappa shape index (κ2) is 12.3. The lowest BCUT2D eigenvalue weighted by atomic mass is 9.92. The first-order valence-corrected chi connectivity index (χ1v) is 12.8. The summed E-state index contributed by atoms with van der Waals surface area (Å²) in [7, 11) is 0. The Morgan fingerprint density at radius 2 is 1.67 bits per heavy atom. The number of esters is 2. The molecule has 2 aromatic rings. The molecule has 2 aromatic carbocycles. The molecule has 39 heavy (non-hydrogen) atoms. The van der Waals surface area contributed by atoms with Gasteiger partial charge in [0.15, 0.2) is 0 Å². The van der Waals surface area contributed by atoms with Crippen molar-refractivity contribution in [2.45, 2.75) is 63.2 Å². The lowest BCUT2D eigenvalue weighted by Crippen LogP contribution is -2.60. The fourth-order valence-corrected chi connectivity index (χ4v) is 4.49. The first-order valence-electron chi connectivity index (χ1n) is 12.8. The van der Waals surface area contributed by atoms with Gasteiger partial charge in [0.2, 0.25) is 12.0 Å². The van der Waals surface area contributed by atoms with Crippen LogP contribution in [0.2, 0.25) is 0 Å². The van der Waals surface area contributed by atoms with E-state index in [1.807, 2.05) is 18.2 Å². The molecule has 2 fully saturated rings. The number of aliphatic hydroxyl groups is 1. The Balaban J connectivity index is 1.67. The van der Waals surface area contributed by atoms with Crippen molar-refractivity contribution in [1.29, 1.82) is 0 Å². The predicted octanol–water partition coefficient (Wildman–Crippen LogP) is 0.861. The van der Waals surface area contributed by atoms with Crippen LogP contribution in [0.4, 0.5) is 0 Å². The lowest BCUT2D eigenvalue weighted by molar-refractivity contribution is -0.198. The highest BCUT2D eigenvalue weighted by molar-refractivity contribution is 6.00. The third-order valence-electron chi connectivity index (χ3n) is 6.96. The van der Waals surface area contributed by atoms with Gasteiger partial charge in [-0.15, -0.1) is 0 Å². The maximum Gasteiger partial charge on any atom is 0.350 e. The molecule has 4 rings (SSSR count). The number of cyclic esters (lactones) is 2. The number of rotatable bonds is 5. The van der Waals surface area contributed by atoms with Crippen LogP contribution in [-0.4, -0.2) is 77.1 Å². The Kier molecular flexibility index (Phi) is 8.82. The van der Waals surface area contributed by atoms with Crippen molar-refractivity contribution in [3.05, 3.63) is 65.7 Å². The number of aromatic hydroxyl groups is 1. The van der Waals surface area contributed by atoms with Crippen LogP contribution in [0.25, 0.3) is 0 Å². The normalized spacial score (nSPS) is 29.9. The summed E-state index contributed by atoms with van der Waals surface area (Å²) in [5, 5.41) is 26.6. The Bertz CT molecular complexity index is 1200. The Labute approximate surface area is 225 Å². The second-order valence-electron chi connectivity index (χ2n) is 9.75. The summed E-state index contributed by atoms with van der Waals surface area (Å²) in [6.45, 7) is 3.22. The van der Waals surface area contributed by atoms with Crippen LogP contribution in [0.3, 0.4) is 0 Å². The minimum Gasteiger partial charge on any atom is -0.507 e. The third kappa shape index (κ3) is 6.55. The molecule has 2 saturated heterocycles. The van der Waals surface area contributed by atoms with E-state index in [0.717, 1.165) is 5.56 Å². The van der Waals surface area contributed by atoms with Crippen LogP contribution in [0.5, 0.6) is 5.75 Å². The summed E-state index contributed by atoms with van der Waals surface area (Å²) >= 11 is 0. The van der Waals surface area contributed by atoms with Crippen LogP contribution in [-0.2, 0) is 35.0 Å². The number of hydrogen-bond donors (Lipinski definition) is 4. The largest absolute Gasteiger partial charge is 0.507 e. The van der Waals surface area contributed by atoms with E-state index in [-0.39, 0.29) is 17.7 Å². The molecule has 2 amide bonds. The summed E-state index contributed by atoms with van der Waals surface area (Å²) < 4.78 is 16.4. The topological polar surface area (TPSA) is 160 Å². The summed E-state index contributed by atoms with van der Waals surface area (Å²) in [6.07, 6.45) is -4.15. The number of phenolic OH excluding ortho intramolecular Hbond substituents is 1. The zero-order valence-electron chi connectivity index (χ0n) is 21.6. The van der Waals surface area contributed by atoms with E-state index in [2.05, 4.69) is 10.6 Å². The van der Waals surface area contributed by atoms with Crippen molar-refractivity contribution < 1.29 is 43.6 Å². The molecule has 0 aliphatic carbocycles. The SMILES string of the molecule is C[C@H]1OC(=O)C(C2CCO2)OC(=O)[C@H](C)[C@H](O)[C@H](Cc2ccccc2)NC(=O)[C@H]1NC(=O)c1ccccc1O. The standard InChI is InChI=1S/C28H32N2O9/c1-15-23(32)19(14-17-8-4-3-5-9-17)29-26(34)22(30-25(33)18-10-6-7-11-20(18)31)16(2)38-28(36)24(39-27(15)35)21-12-13-37-21/h3-11,15-16,19,21-24,31-32H,12-14H2,1-2H3,(H,29,34)(H,30,33)/t15-,16-,19+,21?,22+,23+,24?/m1/s1. The van der Waals surface area contributed by atoms with Crippen LogP contribution in [0.1, 0.15) is 36.2 Å². The highest BCUT2D eigenvalue weighted by Crippen LogP contribution is 2.24. The minimum absolute atomic E-state index is 0.0842. The van der Waals surface area contributed by atoms with Gasteiger partial charge in [-0.3, -0.25) is 14.4 Å². The smallest absolute Gasteiger partial charge is 0.350 e. The van der Waals surface area contributed by atoms with Crippen LogP contribution >= 0.6 is 0 Å². The highest BCUT2D eigenvalue weighted by atomic mass is 16.6. The molecule has 7 atom stereocenters. The van der Waals surface area contributed by atoms with E-state index in [0.29, 0.717) is 13.0 Å². The molecule has 0 spiro atoms. The van der Waals surface area contributed by atoms with E-state index >= 15 is 0 Å². The quantitative estimate of drug-likeness (QED) is 0.403. The van der Waals surface area contributed by atoms with Gasteiger partial charge in [0.05, 0.1) is 23.6 Å². The van der Waals surface area contributed by atoms with Crippen molar-refractivity contribution in [1.82, 2.24) is 10.6 Å². The van der Waals surface area contributed by atoms with Gasteiger partial charge in [0.25, 0.3) is 5.91 Å². The first kappa shape index (κ1) is 28.1. The zero-order valence-corrected chi connectivity index (χ0v) is 21.6. The van der Waals surface area contributed by atoms with E-state index < -0.39 is 66.2 Å². The number of phenols is 1.